The van der Waals surface area contributed by atoms with Crippen LogP contribution in [0.25, 0.3) is 16.9 Å². The number of halogens is 4. The number of fused-ring (bicyclic) bond motifs is 1. The monoisotopic (exact) mass is 387 g/mol. The second-order valence-electron chi connectivity index (χ2n) is 4.55. The van der Waals surface area contributed by atoms with Crippen molar-refractivity contribution < 1.29 is 4.39 Å². The molecule has 108 valence electrons. The molecular formula is C14H9BrCl2FN3. The quantitative estimate of drug-likeness (QED) is 0.577. The molecule has 0 aliphatic carbocycles. The van der Waals surface area contributed by atoms with Gasteiger partial charge in [-0.05, 0) is 46.6 Å². The van der Waals surface area contributed by atoms with Crippen LogP contribution in [0, 0.1) is 12.7 Å². The number of pyridine rings is 1. The number of hydrogen-bond acceptors (Lipinski definition) is 2. The lowest BCUT2D eigenvalue weighted by Gasteiger charge is -2.11. The fourth-order valence-electron chi connectivity index (χ4n) is 2.21. The molecule has 3 nitrogen and oxygen atoms in total. The van der Waals surface area contributed by atoms with E-state index in [1.54, 1.807) is 16.7 Å². The SMILES string of the molecule is Cc1cc(Br)c(F)cc1-n1c(CCl)nc2cc(Cl)cnc21. The van der Waals surface area contributed by atoms with Crippen LogP contribution in [0.3, 0.4) is 0 Å². The van der Waals surface area contributed by atoms with Crippen LogP contribution in [-0.4, -0.2) is 14.5 Å². The maximum absolute atomic E-state index is 13.9. The van der Waals surface area contributed by atoms with E-state index in [1.807, 2.05) is 6.92 Å². The first-order chi connectivity index (χ1) is 10.0. The van der Waals surface area contributed by atoms with Crippen molar-refractivity contribution in [3.8, 4) is 5.69 Å². The molecule has 7 heteroatoms. The summed E-state index contributed by atoms with van der Waals surface area (Å²) in [6, 6.07) is 4.86. The van der Waals surface area contributed by atoms with Crippen LogP contribution in [0.1, 0.15) is 11.4 Å². The van der Waals surface area contributed by atoms with Crippen molar-refractivity contribution in [2.75, 3.05) is 0 Å². The second kappa shape index (κ2) is 5.55. The third kappa shape index (κ3) is 2.54. The molecule has 0 amide bonds. The third-order valence-electron chi connectivity index (χ3n) is 3.13. The third-order valence-corrected chi connectivity index (χ3v) is 4.19. The number of hydrogen-bond donors (Lipinski definition) is 0. The summed E-state index contributed by atoms with van der Waals surface area (Å²) in [6.45, 7) is 1.89. The van der Waals surface area contributed by atoms with E-state index in [2.05, 4.69) is 25.9 Å². The Kier molecular flexibility index (Phi) is 3.90. The molecule has 0 N–H and O–H groups in total. The Hall–Kier alpha value is -1.17. The van der Waals surface area contributed by atoms with E-state index in [-0.39, 0.29) is 11.7 Å². The highest BCUT2D eigenvalue weighted by atomic mass is 79.9. The predicted molar refractivity (Wildman–Crippen MR) is 85.8 cm³/mol. The predicted octanol–water partition coefficient (Wildman–Crippen LogP) is 5.02. The van der Waals surface area contributed by atoms with Crippen LogP contribution >= 0.6 is 39.1 Å². The summed E-state index contributed by atoms with van der Waals surface area (Å²) in [6.07, 6.45) is 1.53. The molecule has 3 rings (SSSR count). The fourth-order valence-corrected chi connectivity index (χ4v) is 3.00. The highest BCUT2D eigenvalue weighted by Crippen LogP contribution is 2.28. The van der Waals surface area contributed by atoms with Crippen molar-refractivity contribution in [2.45, 2.75) is 12.8 Å². The second-order valence-corrected chi connectivity index (χ2v) is 6.10. The summed E-state index contributed by atoms with van der Waals surface area (Å²) in [5.74, 6) is 0.420. The summed E-state index contributed by atoms with van der Waals surface area (Å²) in [5, 5.41) is 0.493. The van der Waals surface area contributed by atoms with Crippen LogP contribution < -0.4 is 0 Å². The van der Waals surface area contributed by atoms with Gasteiger partial charge in [0.05, 0.1) is 21.1 Å². The van der Waals surface area contributed by atoms with E-state index in [0.717, 1.165) is 5.56 Å². The van der Waals surface area contributed by atoms with Gasteiger partial charge in [0, 0.05) is 6.20 Å². The molecule has 0 radical (unpaired) electrons. The highest BCUT2D eigenvalue weighted by molar-refractivity contribution is 9.10. The molecule has 3 aromatic rings. The zero-order valence-electron chi connectivity index (χ0n) is 10.9. The molecule has 0 aliphatic heterocycles. The van der Waals surface area contributed by atoms with E-state index in [1.165, 1.54) is 12.3 Å². The average Bonchev–Trinajstić information content (AvgIpc) is 2.80. The molecule has 1 aromatic carbocycles. The molecule has 2 aromatic heterocycles. The van der Waals surface area contributed by atoms with Crippen LogP contribution in [0.4, 0.5) is 4.39 Å². The van der Waals surface area contributed by atoms with Gasteiger partial charge in [0.2, 0.25) is 0 Å². The summed E-state index contributed by atoms with van der Waals surface area (Å²) in [4.78, 5) is 8.71. The van der Waals surface area contributed by atoms with Crippen molar-refractivity contribution in [3.63, 3.8) is 0 Å². The number of alkyl halides is 1. The van der Waals surface area contributed by atoms with E-state index < -0.39 is 0 Å². The van der Waals surface area contributed by atoms with Crippen LogP contribution in [-0.2, 0) is 5.88 Å². The minimum atomic E-state index is -0.355. The lowest BCUT2D eigenvalue weighted by Crippen LogP contribution is -2.03. The molecule has 0 unspecified atom stereocenters. The fraction of sp³-hybridized carbons (Fsp3) is 0.143. The molecule has 0 bridgehead atoms. The Morgan fingerprint density at radius 1 is 1.33 bits per heavy atom. The van der Waals surface area contributed by atoms with Crippen molar-refractivity contribution >= 4 is 50.3 Å². The largest absolute Gasteiger partial charge is 0.279 e. The maximum atomic E-state index is 13.9. The highest BCUT2D eigenvalue weighted by Gasteiger charge is 2.16. The minimum Gasteiger partial charge on any atom is -0.279 e. The summed E-state index contributed by atoms with van der Waals surface area (Å²) in [7, 11) is 0. The molecule has 2 heterocycles. The summed E-state index contributed by atoms with van der Waals surface area (Å²) < 4.78 is 16.1. The number of benzene rings is 1. The Balaban J connectivity index is 2.36. The average molecular weight is 389 g/mol. The first kappa shape index (κ1) is 14.8. The molecule has 0 spiro atoms. The zero-order chi connectivity index (χ0) is 15.1. The maximum Gasteiger partial charge on any atom is 0.164 e. The standard InChI is InChI=1S/C14H9BrCl2FN3/c1-7-2-9(15)10(18)4-12(7)21-13(5-16)20-11-3-8(17)6-19-14(11)21/h2-4,6H,5H2,1H3. The van der Waals surface area contributed by atoms with Gasteiger partial charge in [-0.1, -0.05) is 11.6 Å². The lowest BCUT2D eigenvalue weighted by atomic mass is 10.2. The Morgan fingerprint density at radius 3 is 2.81 bits per heavy atom. The molecule has 0 aliphatic rings. The van der Waals surface area contributed by atoms with Gasteiger partial charge in [0.25, 0.3) is 0 Å². The zero-order valence-corrected chi connectivity index (χ0v) is 14.0. The van der Waals surface area contributed by atoms with Gasteiger partial charge in [0.15, 0.2) is 5.65 Å². The molecule has 0 saturated heterocycles. The van der Waals surface area contributed by atoms with Gasteiger partial charge >= 0.3 is 0 Å². The van der Waals surface area contributed by atoms with Crippen molar-refractivity contribution in [1.82, 2.24) is 14.5 Å². The van der Waals surface area contributed by atoms with Gasteiger partial charge in [-0.2, -0.15) is 0 Å². The summed E-state index contributed by atoms with van der Waals surface area (Å²) >= 11 is 15.1. The van der Waals surface area contributed by atoms with Crippen LogP contribution in [0.15, 0.2) is 28.9 Å². The van der Waals surface area contributed by atoms with Gasteiger partial charge in [-0.15, -0.1) is 11.6 Å². The Bertz CT molecular complexity index is 848. The van der Waals surface area contributed by atoms with Crippen molar-refractivity contribution in [1.29, 1.82) is 0 Å². The number of nitrogens with zero attached hydrogens (tertiary/aromatic N) is 3. The molecular weight excluding hydrogens is 380 g/mol. The van der Waals surface area contributed by atoms with Crippen molar-refractivity contribution in [2.24, 2.45) is 0 Å². The van der Waals surface area contributed by atoms with Crippen LogP contribution in [0.2, 0.25) is 5.02 Å². The number of rotatable bonds is 2. The minimum absolute atomic E-state index is 0.186. The van der Waals surface area contributed by atoms with E-state index >= 15 is 0 Å². The lowest BCUT2D eigenvalue weighted by molar-refractivity contribution is 0.619. The van der Waals surface area contributed by atoms with Gasteiger partial charge in [0.1, 0.15) is 17.2 Å². The first-order valence-corrected chi connectivity index (χ1v) is 7.76. The first-order valence-electron chi connectivity index (χ1n) is 6.06. The van der Waals surface area contributed by atoms with E-state index in [9.17, 15) is 4.39 Å². The van der Waals surface area contributed by atoms with Crippen LogP contribution in [0.5, 0.6) is 0 Å². The topological polar surface area (TPSA) is 30.7 Å². The van der Waals surface area contributed by atoms with Gasteiger partial charge < -0.3 is 0 Å². The molecule has 0 atom stereocenters. The van der Waals surface area contributed by atoms with Gasteiger partial charge in [-0.3, -0.25) is 4.57 Å². The Morgan fingerprint density at radius 2 is 2.10 bits per heavy atom. The number of aryl methyl sites for hydroxylation is 1. The molecule has 0 saturated carbocycles. The smallest absolute Gasteiger partial charge is 0.164 e. The number of aromatic nitrogens is 3. The normalized spacial score (nSPS) is 11.3. The number of imidazole rings is 1. The van der Waals surface area contributed by atoms with Crippen molar-refractivity contribution in [3.05, 3.63) is 51.1 Å². The molecule has 0 fully saturated rings. The molecule has 21 heavy (non-hydrogen) atoms. The van der Waals surface area contributed by atoms with E-state index in [4.69, 9.17) is 23.2 Å². The summed E-state index contributed by atoms with van der Waals surface area (Å²) in [5.41, 5.74) is 2.76. The Labute approximate surface area is 138 Å². The van der Waals surface area contributed by atoms with Gasteiger partial charge in [-0.25, -0.2) is 14.4 Å². The van der Waals surface area contributed by atoms with E-state index in [0.29, 0.717) is 32.2 Å².